The van der Waals surface area contributed by atoms with Gasteiger partial charge in [-0.25, -0.2) is 4.79 Å². The monoisotopic (exact) mass is 235 g/mol. The van der Waals surface area contributed by atoms with Gasteiger partial charge in [0.05, 0.1) is 11.7 Å². The van der Waals surface area contributed by atoms with Crippen molar-refractivity contribution in [2.75, 3.05) is 18.9 Å². The standard InChI is InChI=1S/C13H17NO3/c1-9-4-2-6-11(12(9)14)13(15)17-8-10-5-3-7-16-10/h2,4,6,10H,3,5,7-8,14H2,1H3. The summed E-state index contributed by atoms with van der Waals surface area (Å²) in [6.07, 6.45) is 2.04. The first-order valence-electron chi connectivity index (χ1n) is 5.82. The summed E-state index contributed by atoms with van der Waals surface area (Å²) in [6, 6.07) is 5.35. The Labute approximate surface area is 101 Å². The molecule has 1 atom stereocenters. The van der Waals surface area contributed by atoms with Crippen LogP contribution >= 0.6 is 0 Å². The molecule has 4 heteroatoms. The Hall–Kier alpha value is -1.55. The number of para-hydroxylation sites is 1. The highest BCUT2D eigenvalue weighted by atomic mass is 16.6. The first-order valence-corrected chi connectivity index (χ1v) is 5.82. The molecule has 1 saturated heterocycles. The van der Waals surface area contributed by atoms with E-state index in [1.54, 1.807) is 12.1 Å². The number of esters is 1. The lowest BCUT2D eigenvalue weighted by atomic mass is 10.1. The third-order valence-electron chi connectivity index (χ3n) is 2.97. The van der Waals surface area contributed by atoms with Crippen molar-refractivity contribution in [3.8, 4) is 0 Å². The second kappa shape index (κ2) is 5.19. The molecule has 4 nitrogen and oxygen atoms in total. The zero-order valence-electron chi connectivity index (χ0n) is 9.94. The van der Waals surface area contributed by atoms with Gasteiger partial charge in [0.15, 0.2) is 0 Å². The summed E-state index contributed by atoms with van der Waals surface area (Å²) in [7, 11) is 0. The number of carbonyl (C=O) groups excluding carboxylic acids is 1. The van der Waals surface area contributed by atoms with Crippen molar-refractivity contribution in [1.29, 1.82) is 0 Å². The average molecular weight is 235 g/mol. The number of nitrogens with two attached hydrogens (primary N) is 1. The molecule has 1 aromatic rings. The van der Waals surface area contributed by atoms with Gasteiger partial charge in [-0.1, -0.05) is 12.1 Å². The van der Waals surface area contributed by atoms with Gasteiger partial charge in [0.2, 0.25) is 0 Å². The van der Waals surface area contributed by atoms with Crippen LogP contribution in [-0.2, 0) is 9.47 Å². The van der Waals surface area contributed by atoms with Crippen LogP contribution in [0.25, 0.3) is 0 Å². The van der Waals surface area contributed by atoms with E-state index in [1.807, 2.05) is 13.0 Å². The molecule has 0 spiro atoms. The van der Waals surface area contributed by atoms with Crippen molar-refractivity contribution >= 4 is 11.7 Å². The molecule has 2 N–H and O–H groups in total. The van der Waals surface area contributed by atoms with E-state index in [-0.39, 0.29) is 12.1 Å². The molecule has 0 aliphatic carbocycles. The van der Waals surface area contributed by atoms with Gasteiger partial charge in [-0.3, -0.25) is 0 Å². The van der Waals surface area contributed by atoms with Crippen LogP contribution in [0.1, 0.15) is 28.8 Å². The molecule has 17 heavy (non-hydrogen) atoms. The van der Waals surface area contributed by atoms with Crippen molar-refractivity contribution < 1.29 is 14.3 Å². The lowest BCUT2D eigenvalue weighted by molar-refractivity contribution is 0.0162. The smallest absolute Gasteiger partial charge is 0.340 e. The normalized spacial score (nSPS) is 19.2. The zero-order chi connectivity index (χ0) is 12.3. The van der Waals surface area contributed by atoms with Crippen molar-refractivity contribution in [2.45, 2.75) is 25.9 Å². The van der Waals surface area contributed by atoms with Gasteiger partial charge in [0.1, 0.15) is 6.61 Å². The van der Waals surface area contributed by atoms with Crippen LogP contribution in [0.15, 0.2) is 18.2 Å². The fourth-order valence-electron chi connectivity index (χ4n) is 1.88. The fourth-order valence-corrected chi connectivity index (χ4v) is 1.88. The van der Waals surface area contributed by atoms with Crippen molar-refractivity contribution in [2.24, 2.45) is 0 Å². The minimum absolute atomic E-state index is 0.0463. The predicted molar refractivity (Wildman–Crippen MR) is 64.8 cm³/mol. The molecule has 1 heterocycles. The molecule has 92 valence electrons. The number of benzene rings is 1. The number of carbonyl (C=O) groups is 1. The molecule has 0 radical (unpaired) electrons. The van der Waals surface area contributed by atoms with Crippen molar-refractivity contribution in [3.63, 3.8) is 0 Å². The highest BCUT2D eigenvalue weighted by Crippen LogP contribution is 2.18. The molecule has 1 aliphatic rings. The van der Waals surface area contributed by atoms with E-state index >= 15 is 0 Å². The molecular weight excluding hydrogens is 218 g/mol. The van der Waals surface area contributed by atoms with E-state index in [0.29, 0.717) is 17.9 Å². The highest BCUT2D eigenvalue weighted by molar-refractivity contribution is 5.95. The van der Waals surface area contributed by atoms with Crippen molar-refractivity contribution in [3.05, 3.63) is 29.3 Å². The summed E-state index contributed by atoms with van der Waals surface area (Å²) in [4.78, 5) is 11.8. The van der Waals surface area contributed by atoms with Crippen LogP contribution in [0.2, 0.25) is 0 Å². The van der Waals surface area contributed by atoms with E-state index in [2.05, 4.69) is 0 Å². The van der Waals surface area contributed by atoms with Gasteiger partial charge in [0.25, 0.3) is 0 Å². The summed E-state index contributed by atoms with van der Waals surface area (Å²) < 4.78 is 10.6. The van der Waals surface area contributed by atoms with E-state index in [0.717, 1.165) is 25.0 Å². The number of nitrogen functional groups attached to an aromatic ring is 1. The lowest BCUT2D eigenvalue weighted by Crippen LogP contribution is -2.18. The maximum atomic E-state index is 11.8. The Morgan fingerprint density at radius 2 is 2.41 bits per heavy atom. The largest absolute Gasteiger partial charge is 0.459 e. The third-order valence-corrected chi connectivity index (χ3v) is 2.97. The summed E-state index contributed by atoms with van der Waals surface area (Å²) in [5.74, 6) is -0.373. The van der Waals surface area contributed by atoms with Crippen LogP contribution in [0.4, 0.5) is 5.69 Å². The van der Waals surface area contributed by atoms with E-state index in [9.17, 15) is 4.79 Å². The van der Waals surface area contributed by atoms with Crippen molar-refractivity contribution in [1.82, 2.24) is 0 Å². The first-order chi connectivity index (χ1) is 8.18. The summed E-state index contributed by atoms with van der Waals surface area (Å²) >= 11 is 0. The Morgan fingerprint density at radius 1 is 1.59 bits per heavy atom. The Bertz CT molecular complexity index is 411. The molecule has 2 rings (SSSR count). The van der Waals surface area contributed by atoms with E-state index in [1.165, 1.54) is 0 Å². The summed E-state index contributed by atoms with van der Waals surface area (Å²) in [6.45, 7) is 2.94. The maximum Gasteiger partial charge on any atom is 0.340 e. The molecular formula is C13H17NO3. The van der Waals surface area contributed by atoms with Crippen LogP contribution in [-0.4, -0.2) is 25.3 Å². The summed E-state index contributed by atoms with van der Waals surface area (Å²) in [5, 5.41) is 0. The van der Waals surface area contributed by atoms with Gasteiger partial charge in [0, 0.05) is 12.3 Å². The zero-order valence-corrected chi connectivity index (χ0v) is 9.94. The third kappa shape index (κ3) is 2.77. The first kappa shape index (κ1) is 11.9. The lowest BCUT2D eigenvalue weighted by Gasteiger charge is -2.11. The molecule has 1 unspecified atom stereocenters. The molecule has 1 fully saturated rings. The maximum absolute atomic E-state index is 11.8. The Morgan fingerprint density at radius 3 is 3.12 bits per heavy atom. The van der Waals surface area contributed by atoms with Crippen LogP contribution in [0.5, 0.6) is 0 Å². The number of aryl methyl sites for hydroxylation is 1. The topological polar surface area (TPSA) is 61.5 Å². The summed E-state index contributed by atoms with van der Waals surface area (Å²) in [5.41, 5.74) is 7.64. The van der Waals surface area contributed by atoms with Gasteiger partial charge < -0.3 is 15.2 Å². The minimum Gasteiger partial charge on any atom is -0.459 e. The number of ether oxygens (including phenoxy) is 2. The second-order valence-corrected chi connectivity index (χ2v) is 4.27. The SMILES string of the molecule is Cc1cccc(C(=O)OCC2CCCO2)c1N. The predicted octanol–water partition coefficient (Wildman–Crippen LogP) is 1.91. The van der Waals surface area contributed by atoms with Gasteiger partial charge in [-0.2, -0.15) is 0 Å². The number of hydrogen-bond acceptors (Lipinski definition) is 4. The Balaban J connectivity index is 1.97. The van der Waals surface area contributed by atoms with Crippen LogP contribution < -0.4 is 5.73 Å². The number of rotatable bonds is 3. The number of anilines is 1. The molecule has 1 aliphatic heterocycles. The van der Waals surface area contributed by atoms with E-state index < -0.39 is 0 Å². The minimum atomic E-state index is -0.373. The molecule has 1 aromatic carbocycles. The molecule has 0 saturated carbocycles. The van der Waals surface area contributed by atoms with Gasteiger partial charge in [-0.15, -0.1) is 0 Å². The number of hydrogen-bond donors (Lipinski definition) is 1. The molecule has 0 aromatic heterocycles. The average Bonchev–Trinajstić information content (AvgIpc) is 2.82. The van der Waals surface area contributed by atoms with Crippen LogP contribution in [0.3, 0.4) is 0 Å². The Kier molecular flexibility index (Phi) is 3.64. The van der Waals surface area contributed by atoms with E-state index in [4.69, 9.17) is 15.2 Å². The molecule has 0 amide bonds. The van der Waals surface area contributed by atoms with Crippen LogP contribution in [0, 0.1) is 6.92 Å². The van der Waals surface area contributed by atoms with Gasteiger partial charge in [-0.05, 0) is 31.4 Å². The second-order valence-electron chi connectivity index (χ2n) is 4.27. The quantitative estimate of drug-likeness (QED) is 0.642. The highest BCUT2D eigenvalue weighted by Gasteiger charge is 2.19. The fraction of sp³-hybridized carbons (Fsp3) is 0.462. The van der Waals surface area contributed by atoms with Gasteiger partial charge >= 0.3 is 5.97 Å². The molecule has 0 bridgehead atoms.